The lowest BCUT2D eigenvalue weighted by atomic mass is 10.3. The van der Waals surface area contributed by atoms with Crippen LogP contribution in [0.5, 0.6) is 0 Å². The number of halogens is 3. The zero-order valence-electron chi connectivity index (χ0n) is 8.80. The maximum Gasteiger partial charge on any atom is 0.396 e. The molecule has 0 fully saturated rings. The average Bonchev–Trinajstić information content (AvgIpc) is 2.58. The summed E-state index contributed by atoms with van der Waals surface area (Å²) < 4.78 is 45.6. The largest absolute Gasteiger partial charge is 0.444 e. The van der Waals surface area contributed by atoms with Crippen LogP contribution in [-0.2, 0) is 17.7 Å². The molecular formula is C9H13F3N2O2. The van der Waals surface area contributed by atoms with Crippen LogP contribution in [0.25, 0.3) is 0 Å². The number of hydrogen-bond acceptors (Lipinski definition) is 4. The molecule has 1 aromatic rings. The molecule has 4 nitrogen and oxygen atoms in total. The summed E-state index contributed by atoms with van der Waals surface area (Å²) in [7, 11) is 1.56. The highest BCUT2D eigenvalue weighted by molar-refractivity contribution is 4.95. The summed E-state index contributed by atoms with van der Waals surface area (Å²) in [4.78, 5) is 3.73. The van der Waals surface area contributed by atoms with E-state index in [9.17, 15) is 13.2 Å². The monoisotopic (exact) mass is 238 g/mol. The number of alkyl halides is 3. The van der Waals surface area contributed by atoms with Crippen LogP contribution in [0.4, 0.5) is 13.2 Å². The highest BCUT2D eigenvalue weighted by atomic mass is 19.4. The Labute approximate surface area is 90.8 Å². The number of nitrogens with one attached hydrogen (secondary N) is 1. The van der Waals surface area contributed by atoms with Gasteiger partial charge in [-0.2, -0.15) is 13.2 Å². The topological polar surface area (TPSA) is 47.3 Å². The molecule has 1 N–H and O–H groups in total. The second kappa shape index (κ2) is 5.86. The van der Waals surface area contributed by atoms with Gasteiger partial charge in [0.2, 0.25) is 5.89 Å². The van der Waals surface area contributed by atoms with Crippen molar-refractivity contribution >= 4 is 0 Å². The van der Waals surface area contributed by atoms with Gasteiger partial charge in [-0.05, 0) is 0 Å². The number of methoxy groups -OCH3 is 1. The smallest absolute Gasteiger partial charge is 0.396 e. The molecule has 0 saturated carbocycles. The number of rotatable bonds is 6. The van der Waals surface area contributed by atoms with Crippen molar-refractivity contribution in [2.45, 2.75) is 19.1 Å². The van der Waals surface area contributed by atoms with Crippen LogP contribution >= 0.6 is 0 Å². The Hall–Kier alpha value is -1.08. The number of ether oxygens (including phenoxy) is 1. The van der Waals surface area contributed by atoms with Crippen LogP contribution in [0.15, 0.2) is 10.6 Å². The third kappa shape index (κ3) is 5.13. The second-order valence-electron chi connectivity index (χ2n) is 3.18. The molecule has 0 saturated heterocycles. The number of nitrogens with zero attached hydrogens (tertiary/aromatic N) is 1. The van der Waals surface area contributed by atoms with E-state index in [1.165, 1.54) is 0 Å². The van der Waals surface area contributed by atoms with Gasteiger partial charge in [-0.1, -0.05) is 0 Å². The van der Waals surface area contributed by atoms with Gasteiger partial charge >= 0.3 is 6.18 Å². The Morgan fingerprint density at radius 2 is 2.25 bits per heavy atom. The van der Waals surface area contributed by atoms with Crippen LogP contribution in [0.3, 0.4) is 0 Å². The molecule has 0 aliphatic carbocycles. The highest BCUT2D eigenvalue weighted by Crippen LogP contribution is 2.21. The van der Waals surface area contributed by atoms with Crippen LogP contribution in [0.2, 0.25) is 0 Å². The second-order valence-corrected chi connectivity index (χ2v) is 3.18. The van der Waals surface area contributed by atoms with Crippen molar-refractivity contribution in [2.24, 2.45) is 0 Å². The van der Waals surface area contributed by atoms with E-state index in [-0.39, 0.29) is 11.7 Å². The van der Waals surface area contributed by atoms with Crippen molar-refractivity contribution in [3.63, 3.8) is 0 Å². The fourth-order valence-corrected chi connectivity index (χ4v) is 1.08. The van der Waals surface area contributed by atoms with Gasteiger partial charge in [0.1, 0.15) is 12.2 Å². The maximum absolute atomic E-state index is 12.0. The first-order valence-corrected chi connectivity index (χ1v) is 4.71. The fourth-order valence-electron chi connectivity index (χ4n) is 1.08. The minimum atomic E-state index is -4.26. The van der Waals surface area contributed by atoms with Crippen molar-refractivity contribution in [3.05, 3.63) is 17.8 Å². The van der Waals surface area contributed by atoms with Crippen molar-refractivity contribution in [1.29, 1.82) is 0 Å². The van der Waals surface area contributed by atoms with Crippen LogP contribution in [-0.4, -0.2) is 31.4 Å². The summed E-state index contributed by atoms with van der Waals surface area (Å²) in [5, 5.41) is 2.92. The lowest BCUT2D eigenvalue weighted by Gasteiger charge is -2.02. The number of oxazole rings is 1. The molecule has 0 radical (unpaired) electrons. The lowest BCUT2D eigenvalue weighted by Crippen LogP contribution is -2.18. The Bertz CT molecular complexity index is 312. The molecule has 16 heavy (non-hydrogen) atoms. The third-order valence-corrected chi connectivity index (χ3v) is 1.74. The molecule has 0 amide bonds. The van der Waals surface area contributed by atoms with Crippen molar-refractivity contribution < 1.29 is 22.3 Å². The molecule has 1 aromatic heterocycles. The molecule has 0 aromatic carbocycles. The molecule has 0 unspecified atom stereocenters. The lowest BCUT2D eigenvalue weighted by molar-refractivity contribution is -0.130. The summed E-state index contributed by atoms with van der Waals surface area (Å²) >= 11 is 0. The highest BCUT2D eigenvalue weighted by Gasteiger charge is 2.29. The van der Waals surface area contributed by atoms with Crippen LogP contribution < -0.4 is 5.32 Å². The zero-order valence-corrected chi connectivity index (χ0v) is 8.80. The third-order valence-electron chi connectivity index (χ3n) is 1.74. The van der Waals surface area contributed by atoms with E-state index in [1.54, 1.807) is 7.11 Å². The Balaban J connectivity index is 2.34. The molecule has 7 heteroatoms. The first-order chi connectivity index (χ1) is 7.51. The maximum atomic E-state index is 12.0. The summed E-state index contributed by atoms with van der Waals surface area (Å²) in [6, 6.07) is 0. The Kier molecular flexibility index (Phi) is 4.75. The fraction of sp³-hybridized carbons (Fsp3) is 0.667. The van der Waals surface area contributed by atoms with E-state index in [1.807, 2.05) is 0 Å². The van der Waals surface area contributed by atoms with E-state index in [0.717, 1.165) is 6.20 Å². The molecular weight excluding hydrogens is 225 g/mol. The van der Waals surface area contributed by atoms with E-state index in [0.29, 0.717) is 19.7 Å². The van der Waals surface area contributed by atoms with Crippen LogP contribution in [0.1, 0.15) is 11.7 Å². The van der Waals surface area contributed by atoms with Gasteiger partial charge in [0.25, 0.3) is 0 Å². The van der Waals surface area contributed by atoms with E-state index in [4.69, 9.17) is 9.15 Å². The van der Waals surface area contributed by atoms with Gasteiger partial charge in [-0.25, -0.2) is 4.98 Å². The summed E-state index contributed by atoms with van der Waals surface area (Å²) in [6.45, 7) is 1.41. The van der Waals surface area contributed by atoms with Gasteiger partial charge in [-0.15, -0.1) is 0 Å². The molecule has 0 spiro atoms. The van der Waals surface area contributed by atoms with Crippen molar-refractivity contribution in [1.82, 2.24) is 10.3 Å². The first kappa shape index (κ1) is 13.0. The number of aromatic nitrogens is 1. The molecule has 1 heterocycles. The van der Waals surface area contributed by atoms with Gasteiger partial charge in [0.05, 0.1) is 19.3 Å². The molecule has 0 atom stereocenters. The molecule has 1 rings (SSSR count). The average molecular weight is 238 g/mol. The van der Waals surface area contributed by atoms with Crippen molar-refractivity contribution in [3.8, 4) is 0 Å². The number of hydrogen-bond donors (Lipinski definition) is 1. The molecule has 0 bridgehead atoms. The van der Waals surface area contributed by atoms with E-state index >= 15 is 0 Å². The molecule has 0 aliphatic rings. The SMILES string of the molecule is COCCNCc1ncc(CC(F)(F)F)o1. The first-order valence-electron chi connectivity index (χ1n) is 4.71. The van der Waals surface area contributed by atoms with Gasteiger partial charge in [-0.3, -0.25) is 0 Å². The standard InChI is InChI=1S/C9H13F3N2O2/c1-15-3-2-13-6-8-14-5-7(16-8)4-9(10,11)12/h5,13H,2-4,6H2,1H3. The van der Waals surface area contributed by atoms with E-state index in [2.05, 4.69) is 10.3 Å². The quantitative estimate of drug-likeness (QED) is 0.763. The normalized spacial score (nSPS) is 12.0. The predicted octanol–water partition coefficient (Wildman–Crippen LogP) is 1.52. The zero-order chi connectivity index (χ0) is 12.0. The summed E-state index contributed by atoms with van der Waals surface area (Å²) in [5.41, 5.74) is 0. The minimum absolute atomic E-state index is 0.170. The van der Waals surface area contributed by atoms with Gasteiger partial charge in [0.15, 0.2) is 0 Å². The minimum Gasteiger partial charge on any atom is -0.444 e. The predicted molar refractivity (Wildman–Crippen MR) is 49.8 cm³/mol. The van der Waals surface area contributed by atoms with Crippen LogP contribution in [0, 0.1) is 0 Å². The van der Waals surface area contributed by atoms with E-state index < -0.39 is 12.6 Å². The molecule has 92 valence electrons. The van der Waals surface area contributed by atoms with Gasteiger partial charge in [0, 0.05) is 13.7 Å². The summed E-state index contributed by atoms with van der Waals surface area (Å²) in [5.74, 6) is 0.0754. The Morgan fingerprint density at radius 1 is 1.50 bits per heavy atom. The van der Waals surface area contributed by atoms with Crippen molar-refractivity contribution in [2.75, 3.05) is 20.3 Å². The Morgan fingerprint density at radius 3 is 2.88 bits per heavy atom. The van der Waals surface area contributed by atoms with Gasteiger partial charge < -0.3 is 14.5 Å². The summed E-state index contributed by atoms with van der Waals surface area (Å²) in [6.07, 6.45) is -4.25. The molecule has 0 aliphatic heterocycles.